The average Bonchev–Trinajstić information content (AvgIpc) is 3.04. The lowest BCUT2D eigenvalue weighted by Crippen LogP contribution is -2.29. The van der Waals surface area contributed by atoms with Gasteiger partial charge < -0.3 is 0 Å². The molecule has 0 aromatic heterocycles. The molecule has 0 aliphatic carbocycles. The summed E-state index contributed by atoms with van der Waals surface area (Å²) >= 11 is 0. The standard InChI is InChI=1S/C19H19NO2S/c1-16-7-11-19(12-8-16)23(21,22)20-14-13-18(15-20)10-9-17-5-3-2-4-6-17/h2-13H,14-15H2,1H3/b10-9+. The molecule has 0 saturated carbocycles. The summed E-state index contributed by atoms with van der Waals surface area (Å²) in [5.74, 6) is 0. The summed E-state index contributed by atoms with van der Waals surface area (Å²) < 4.78 is 26.8. The van der Waals surface area contributed by atoms with Gasteiger partial charge in [-0.15, -0.1) is 0 Å². The number of aryl methyl sites for hydroxylation is 1. The Morgan fingerprint density at radius 2 is 1.65 bits per heavy atom. The zero-order valence-corrected chi connectivity index (χ0v) is 13.8. The minimum Gasteiger partial charge on any atom is -0.207 e. The molecule has 118 valence electrons. The van der Waals surface area contributed by atoms with Crippen molar-refractivity contribution < 1.29 is 8.42 Å². The molecule has 0 fully saturated rings. The smallest absolute Gasteiger partial charge is 0.207 e. The maximum Gasteiger partial charge on any atom is 0.243 e. The maximum atomic E-state index is 12.6. The molecule has 1 aliphatic rings. The lowest BCUT2D eigenvalue weighted by Gasteiger charge is -2.16. The van der Waals surface area contributed by atoms with Crippen molar-refractivity contribution >= 4 is 16.1 Å². The molecule has 1 aliphatic heterocycles. The van der Waals surface area contributed by atoms with E-state index >= 15 is 0 Å². The van der Waals surface area contributed by atoms with Gasteiger partial charge in [0.15, 0.2) is 0 Å². The summed E-state index contributed by atoms with van der Waals surface area (Å²) in [7, 11) is -3.42. The minimum atomic E-state index is -3.42. The van der Waals surface area contributed by atoms with E-state index in [-0.39, 0.29) is 0 Å². The van der Waals surface area contributed by atoms with Gasteiger partial charge in [0.1, 0.15) is 0 Å². The van der Waals surface area contributed by atoms with Crippen molar-refractivity contribution in [2.75, 3.05) is 13.1 Å². The Bertz CT molecular complexity index is 835. The highest BCUT2D eigenvalue weighted by molar-refractivity contribution is 7.89. The first-order valence-electron chi connectivity index (χ1n) is 7.55. The fourth-order valence-electron chi connectivity index (χ4n) is 2.48. The zero-order valence-electron chi connectivity index (χ0n) is 13.0. The van der Waals surface area contributed by atoms with Gasteiger partial charge in [-0.2, -0.15) is 4.31 Å². The van der Waals surface area contributed by atoms with Crippen LogP contribution >= 0.6 is 0 Å². The molecule has 0 atom stereocenters. The summed E-state index contributed by atoms with van der Waals surface area (Å²) in [5.41, 5.74) is 3.17. The van der Waals surface area contributed by atoms with Crippen LogP contribution in [0.2, 0.25) is 0 Å². The molecule has 4 heteroatoms. The molecule has 0 amide bonds. The molecule has 0 bridgehead atoms. The summed E-state index contributed by atoms with van der Waals surface area (Å²) in [6.45, 7) is 2.78. The van der Waals surface area contributed by atoms with Crippen LogP contribution in [0.25, 0.3) is 6.08 Å². The fourth-order valence-corrected chi connectivity index (χ4v) is 3.85. The fraction of sp³-hybridized carbons (Fsp3) is 0.158. The van der Waals surface area contributed by atoms with Crippen molar-refractivity contribution in [2.45, 2.75) is 11.8 Å². The molecule has 0 spiro atoms. The number of benzene rings is 2. The largest absolute Gasteiger partial charge is 0.243 e. The molecular formula is C19H19NO2S. The number of hydrogen-bond donors (Lipinski definition) is 0. The highest BCUT2D eigenvalue weighted by atomic mass is 32.2. The summed E-state index contributed by atoms with van der Waals surface area (Å²) in [4.78, 5) is 0.352. The summed E-state index contributed by atoms with van der Waals surface area (Å²) in [5, 5.41) is 0. The van der Waals surface area contributed by atoms with Gasteiger partial charge in [0.25, 0.3) is 0 Å². The normalized spacial score (nSPS) is 16.0. The quantitative estimate of drug-likeness (QED) is 0.860. The molecule has 1 heterocycles. The van der Waals surface area contributed by atoms with Crippen molar-refractivity contribution in [3.8, 4) is 0 Å². The van der Waals surface area contributed by atoms with Gasteiger partial charge >= 0.3 is 0 Å². The molecule has 2 aromatic rings. The van der Waals surface area contributed by atoms with Crippen LogP contribution in [0.4, 0.5) is 0 Å². The Kier molecular flexibility index (Phi) is 4.46. The van der Waals surface area contributed by atoms with Crippen molar-refractivity contribution in [3.05, 3.63) is 83.4 Å². The maximum absolute atomic E-state index is 12.6. The van der Waals surface area contributed by atoms with Crippen LogP contribution < -0.4 is 0 Å². The highest BCUT2D eigenvalue weighted by Crippen LogP contribution is 2.22. The van der Waals surface area contributed by atoms with Crippen LogP contribution in [0.5, 0.6) is 0 Å². The lowest BCUT2D eigenvalue weighted by molar-refractivity contribution is 0.485. The number of nitrogens with zero attached hydrogens (tertiary/aromatic N) is 1. The second-order valence-electron chi connectivity index (χ2n) is 5.63. The molecule has 0 N–H and O–H groups in total. The Labute approximate surface area is 137 Å². The van der Waals surface area contributed by atoms with E-state index in [9.17, 15) is 8.42 Å². The van der Waals surface area contributed by atoms with Crippen molar-refractivity contribution in [3.63, 3.8) is 0 Å². The van der Waals surface area contributed by atoms with E-state index in [1.54, 1.807) is 12.1 Å². The van der Waals surface area contributed by atoms with Crippen molar-refractivity contribution in [1.29, 1.82) is 0 Å². The van der Waals surface area contributed by atoms with Gasteiger partial charge in [0, 0.05) is 13.1 Å². The molecular weight excluding hydrogens is 306 g/mol. The second kappa shape index (κ2) is 6.52. The minimum absolute atomic E-state index is 0.352. The Balaban J connectivity index is 1.71. The van der Waals surface area contributed by atoms with Crippen LogP contribution in [0.1, 0.15) is 11.1 Å². The van der Waals surface area contributed by atoms with Gasteiger partial charge in [-0.1, -0.05) is 66.3 Å². The van der Waals surface area contributed by atoms with E-state index < -0.39 is 10.0 Å². The average molecular weight is 325 g/mol. The van der Waals surface area contributed by atoms with E-state index in [2.05, 4.69) is 0 Å². The van der Waals surface area contributed by atoms with E-state index in [0.717, 1.165) is 16.7 Å². The first-order valence-corrected chi connectivity index (χ1v) is 8.99. The first kappa shape index (κ1) is 15.7. The lowest BCUT2D eigenvalue weighted by atomic mass is 10.2. The zero-order chi connectivity index (χ0) is 16.3. The third-order valence-corrected chi connectivity index (χ3v) is 5.69. The summed E-state index contributed by atoms with van der Waals surface area (Å²) in [6, 6.07) is 17.0. The molecule has 0 radical (unpaired) electrons. The van der Waals surface area contributed by atoms with Crippen LogP contribution in [0.15, 0.2) is 77.2 Å². The predicted octanol–water partition coefficient (Wildman–Crippen LogP) is 3.64. The Hall–Kier alpha value is -2.17. The third kappa shape index (κ3) is 3.60. The summed E-state index contributed by atoms with van der Waals surface area (Å²) in [6.07, 6.45) is 5.96. The molecule has 3 nitrogen and oxygen atoms in total. The number of hydrogen-bond acceptors (Lipinski definition) is 2. The van der Waals surface area contributed by atoms with E-state index in [4.69, 9.17) is 0 Å². The number of sulfonamides is 1. The van der Waals surface area contributed by atoms with Gasteiger partial charge in [0.2, 0.25) is 10.0 Å². The molecule has 3 rings (SSSR count). The highest BCUT2D eigenvalue weighted by Gasteiger charge is 2.27. The van der Waals surface area contributed by atoms with Crippen LogP contribution in [-0.2, 0) is 10.0 Å². The SMILES string of the molecule is Cc1ccc(S(=O)(=O)N2CC=C(/C=C/c3ccccc3)C2)cc1. The van der Waals surface area contributed by atoms with Crippen LogP contribution in [-0.4, -0.2) is 25.8 Å². The molecule has 23 heavy (non-hydrogen) atoms. The molecule has 2 aromatic carbocycles. The predicted molar refractivity (Wildman–Crippen MR) is 93.5 cm³/mol. The third-order valence-electron chi connectivity index (χ3n) is 3.86. The van der Waals surface area contributed by atoms with Crippen LogP contribution in [0, 0.1) is 6.92 Å². The van der Waals surface area contributed by atoms with E-state index in [1.165, 1.54) is 4.31 Å². The van der Waals surface area contributed by atoms with Crippen molar-refractivity contribution in [2.24, 2.45) is 0 Å². The van der Waals surface area contributed by atoms with Crippen LogP contribution in [0.3, 0.4) is 0 Å². The van der Waals surface area contributed by atoms with Gasteiger partial charge in [-0.05, 0) is 30.2 Å². The van der Waals surface area contributed by atoms with Gasteiger partial charge in [-0.3, -0.25) is 0 Å². The van der Waals surface area contributed by atoms with Gasteiger partial charge in [0.05, 0.1) is 4.90 Å². The Morgan fingerprint density at radius 3 is 2.35 bits per heavy atom. The number of rotatable bonds is 4. The van der Waals surface area contributed by atoms with Crippen molar-refractivity contribution in [1.82, 2.24) is 4.31 Å². The first-order chi connectivity index (χ1) is 11.1. The second-order valence-corrected chi connectivity index (χ2v) is 7.57. The Morgan fingerprint density at radius 1 is 0.957 bits per heavy atom. The van der Waals surface area contributed by atoms with Gasteiger partial charge in [-0.25, -0.2) is 8.42 Å². The molecule has 0 saturated heterocycles. The van der Waals surface area contributed by atoms with E-state index in [1.807, 2.05) is 67.6 Å². The van der Waals surface area contributed by atoms with E-state index in [0.29, 0.717) is 18.0 Å². The monoisotopic (exact) mass is 325 g/mol. The topological polar surface area (TPSA) is 37.4 Å². The molecule has 0 unspecified atom stereocenters.